The molecule has 0 aromatic carbocycles. The monoisotopic (exact) mass is 402 g/mol. The van der Waals surface area contributed by atoms with Crippen LogP contribution in [-0.2, 0) is 20.9 Å². The number of nitrogens with one attached hydrogen (secondary N) is 1. The van der Waals surface area contributed by atoms with E-state index in [2.05, 4.69) is 10.4 Å². The fourth-order valence-corrected chi connectivity index (χ4v) is 4.97. The summed E-state index contributed by atoms with van der Waals surface area (Å²) in [6.07, 6.45) is 8.41. The quantitative estimate of drug-likeness (QED) is 0.547. The minimum atomic E-state index is -0.682. The first kappa shape index (κ1) is 20.1. The first-order chi connectivity index (χ1) is 14.0. The molecule has 3 fully saturated rings. The molecule has 1 aromatic rings. The molecule has 8 heteroatoms. The van der Waals surface area contributed by atoms with E-state index >= 15 is 0 Å². The summed E-state index contributed by atoms with van der Waals surface area (Å²) in [6.45, 7) is 3.38. The highest BCUT2D eigenvalue weighted by Gasteiger charge is 2.46. The van der Waals surface area contributed by atoms with E-state index in [4.69, 9.17) is 4.74 Å². The minimum absolute atomic E-state index is 0.107. The van der Waals surface area contributed by atoms with Crippen molar-refractivity contribution in [2.45, 2.75) is 57.7 Å². The molecular weight excluding hydrogens is 372 g/mol. The zero-order valence-corrected chi connectivity index (χ0v) is 17.2. The molecule has 29 heavy (non-hydrogen) atoms. The molecule has 4 atom stereocenters. The van der Waals surface area contributed by atoms with Crippen LogP contribution in [0.5, 0.6) is 0 Å². The van der Waals surface area contributed by atoms with E-state index in [0.29, 0.717) is 25.6 Å². The van der Waals surface area contributed by atoms with Crippen LogP contribution in [0.1, 0.15) is 49.4 Å². The molecule has 2 heterocycles. The van der Waals surface area contributed by atoms with Gasteiger partial charge in [-0.25, -0.2) is 0 Å². The third-order valence-corrected chi connectivity index (χ3v) is 6.74. The van der Waals surface area contributed by atoms with E-state index in [0.717, 1.165) is 25.2 Å². The summed E-state index contributed by atoms with van der Waals surface area (Å²) in [5.41, 5.74) is 0.266. The zero-order chi connectivity index (χ0) is 20.5. The number of aromatic nitrogens is 2. The van der Waals surface area contributed by atoms with Gasteiger partial charge in [0.1, 0.15) is 0 Å². The van der Waals surface area contributed by atoms with E-state index in [1.165, 1.54) is 19.0 Å². The molecule has 0 unspecified atom stereocenters. The fraction of sp³-hybridized carbons (Fsp3) is 0.714. The van der Waals surface area contributed by atoms with E-state index < -0.39 is 11.7 Å². The van der Waals surface area contributed by atoms with E-state index in [1.54, 1.807) is 18.0 Å². The van der Waals surface area contributed by atoms with Crippen LogP contribution < -0.4 is 5.32 Å². The van der Waals surface area contributed by atoms with Gasteiger partial charge in [0.05, 0.1) is 23.9 Å². The number of rotatable bonds is 7. The molecule has 1 aliphatic heterocycles. The van der Waals surface area contributed by atoms with Crippen molar-refractivity contribution in [3.8, 4) is 0 Å². The number of aryl methyl sites for hydroxylation is 1. The Morgan fingerprint density at radius 3 is 2.66 bits per heavy atom. The van der Waals surface area contributed by atoms with Crippen molar-refractivity contribution in [3.63, 3.8) is 0 Å². The lowest BCUT2D eigenvalue weighted by molar-refractivity contribution is -0.136. The molecule has 3 aliphatic rings. The van der Waals surface area contributed by atoms with Crippen molar-refractivity contribution >= 4 is 17.6 Å². The van der Waals surface area contributed by atoms with E-state index in [-0.39, 0.29) is 29.5 Å². The fourth-order valence-electron chi connectivity index (χ4n) is 4.97. The Hall–Kier alpha value is -2.22. The second-order valence-electron chi connectivity index (χ2n) is 8.55. The average Bonchev–Trinajstić information content (AvgIpc) is 3.15. The average molecular weight is 402 g/mol. The first-order valence-electron chi connectivity index (χ1n) is 10.7. The van der Waals surface area contributed by atoms with Gasteiger partial charge in [-0.2, -0.15) is 5.10 Å². The van der Waals surface area contributed by atoms with Crippen molar-refractivity contribution in [2.24, 2.45) is 17.8 Å². The number of hydrogen-bond donors (Lipinski definition) is 1. The summed E-state index contributed by atoms with van der Waals surface area (Å²) in [6, 6.07) is -0.387. The van der Waals surface area contributed by atoms with Gasteiger partial charge >= 0.3 is 0 Å². The standard InChI is InChI=1S/C21H30N4O4/c1-3-25-10-14(9-22-25)19(26)20(27)23-17-11-24(12-18(17)29-2)21(28)16-6-4-5-15(16)13-7-8-13/h9-10,13,15-18H,3-8,11-12H2,1-2H3,(H,23,27)/t15-,16+,17+,18-/m0/s1. The van der Waals surface area contributed by atoms with Gasteiger partial charge in [0.2, 0.25) is 5.91 Å². The van der Waals surface area contributed by atoms with Crippen molar-refractivity contribution in [3.05, 3.63) is 18.0 Å². The molecule has 2 amide bonds. The SMILES string of the molecule is CCn1cc(C(=O)C(=O)N[C@@H]2CN(C(=O)[C@@H]3CCC[C@H]3C3CC3)C[C@@H]2OC)cn1. The van der Waals surface area contributed by atoms with Gasteiger partial charge in [-0.1, -0.05) is 6.42 Å². The predicted octanol–water partition coefficient (Wildman–Crippen LogP) is 1.25. The summed E-state index contributed by atoms with van der Waals surface area (Å²) in [4.78, 5) is 39.9. The van der Waals surface area contributed by atoms with Gasteiger partial charge in [0.25, 0.3) is 11.7 Å². The highest BCUT2D eigenvalue weighted by atomic mass is 16.5. The molecule has 2 saturated carbocycles. The van der Waals surface area contributed by atoms with Gasteiger partial charge in [-0.15, -0.1) is 0 Å². The molecule has 0 radical (unpaired) electrons. The molecular formula is C21H30N4O4. The largest absolute Gasteiger partial charge is 0.377 e. The number of methoxy groups -OCH3 is 1. The van der Waals surface area contributed by atoms with Crippen LogP contribution in [0.3, 0.4) is 0 Å². The second-order valence-corrected chi connectivity index (χ2v) is 8.55. The summed E-state index contributed by atoms with van der Waals surface area (Å²) in [5.74, 6) is 0.246. The number of nitrogens with zero attached hydrogens (tertiary/aromatic N) is 3. The third kappa shape index (κ3) is 4.08. The number of amides is 2. The van der Waals surface area contributed by atoms with Crippen molar-refractivity contribution < 1.29 is 19.1 Å². The van der Waals surface area contributed by atoms with Crippen molar-refractivity contribution in [1.82, 2.24) is 20.0 Å². The van der Waals surface area contributed by atoms with Crippen molar-refractivity contribution in [1.29, 1.82) is 0 Å². The maximum Gasteiger partial charge on any atom is 0.292 e. The van der Waals surface area contributed by atoms with Gasteiger partial charge in [-0.05, 0) is 44.4 Å². The number of carbonyl (C=O) groups excluding carboxylic acids is 3. The summed E-state index contributed by atoms with van der Waals surface area (Å²) in [7, 11) is 1.58. The number of ether oxygens (including phenoxy) is 1. The molecule has 8 nitrogen and oxygen atoms in total. The maximum atomic E-state index is 13.2. The summed E-state index contributed by atoms with van der Waals surface area (Å²) < 4.78 is 7.13. The van der Waals surface area contributed by atoms with Crippen LogP contribution in [0.2, 0.25) is 0 Å². The van der Waals surface area contributed by atoms with Crippen LogP contribution >= 0.6 is 0 Å². The molecule has 2 aliphatic carbocycles. The highest BCUT2D eigenvalue weighted by Crippen LogP contribution is 2.48. The van der Waals surface area contributed by atoms with Gasteiger partial charge in [0.15, 0.2) is 0 Å². The molecule has 4 rings (SSSR count). The highest BCUT2D eigenvalue weighted by molar-refractivity contribution is 6.42. The topological polar surface area (TPSA) is 93.5 Å². The predicted molar refractivity (Wildman–Crippen MR) is 105 cm³/mol. The Bertz CT molecular complexity index is 787. The van der Waals surface area contributed by atoms with Crippen LogP contribution in [0, 0.1) is 17.8 Å². The molecule has 1 saturated heterocycles. The van der Waals surface area contributed by atoms with Crippen LogP contribution in [0.25, 0.3) is 0 Å². The number of hydrogen-bond acceptors (Lipinski definition) is 5. The maximum absolute atomic E-state index is 13.2. The number of likely N-dealkylation sites (tertiary alicyclic amines) is 1. The van der Waals surface area contributed by atoms with Crippen LogP contribution in [-0.4, -0.2) is 64.6 Å². The second kappa shape index (κ2) is 8.26. The molecule has 158 valence electrons. The Morgan fingerprint density at radius 1 is 1.21 bits per heavy atom. The minimum Gasteiger partial charge on any atom is -0.377 e. The third-order valence-electron chi connectivity index (χ3n) is 6.74. The lowest BCUT2D eigenvalue weighted by atomic mass is 9.90. The van der Waals surface area contributed by atoms with E-state index in [1.807, 2.05) is 11.8 Å². The number of carbonyl (C=O) groups is 3. The van der Waals surface area contributed by atoms with Gasteiger partial charge < -0.3 is 15.0 Å². The molecule has 1 aromatic heterocycles. The number of Topliss-reactive ketones (excluding diaryl/α,β-unsaturated/α-hetero) is 1. The first-order valence-corrected chi connectivity index (χ1v) is 10.7. The van der Waals surface area contributed by atoms with Crippen LogP contribution in [0.4, 0.5) is 0 Å². The van der Waals surface area contributed by atoms with Crippen molar-refractivity contribution in [2.75, 3.05) is 20.2 Å². The summed E-state index contributed by atoms with van der Waals surface area (Å²) >= 11 is 0. The Labute approximate surface area is 170 Å². The Morgan fingerprint density at radius 2 is 2.00 bits per heavy atom. The number of ketones is 1. The normalized spacial score (nSPS) is 29.2. The van der Waals surface area contributed by atoms with E-state index in [9.17, 15) is 14.4 Å². The van der Waals surface area contributed by atoms with Gasteiger partial charge in [0, 0.05) is 38.9 Å². The van der Waals surface area contributed by atoms with Gasteiger partial charge in [-0.3, -0.25) is 19.1 Å². The molecule has 1 N–H and O–H groups in total. The smallest absolute Gasteiger partial charge is 0.292 e. The van der Waals surface area contributed by atoms with Crippen LogP contribution in [0.15, 0.2) is 12.4 Å². The Balaban J connectivity index is 1.38. The zero-order valence-electron chi connectivity index (χ0n) is 17.2. The molecule has 0 bridgehead atoms. The lowest BCUT2D eigenvalue weighted by Crippen LogP contribution is -2.46. The lowest BCUT2D eigenvalue weighted by Gasteiger charge is -2.24. The molecule has 0 spiro atoms. The Kier molecular flexibility index (Phi) is 5.72. The summed E-state index contributed by atoms with van der Waals surface area (Å²) in [5, 5.41) is 6.83.